The van der Waals surface area contributed by atoms with E-state index in [9.17, 15) is 33.6 Å². The Kier molecular flexibility index (Phi) is 22.8. The Morgan fingerprint density at radius 3 is 1.16 bits per heavy atom. The Labute approximate surface area is 488 Å². The van der Waals surface area contributed by atoms with Gasteiger partial charge in [-0.15, -0.1) is 0 Å². The van der Waals surface area contributed by atoms with E-state index in [2.05, 4.69) is 98.7 Å². The molecule has 2 atom stereocenters. The van der Waals surface area contributed by atoms with Crippen molar-refractivity contribution in [2.75, 3.05) is 13.1 Å². The van der Waals surface area contributed by atoms with Crippen molar-refractivity contribution in [2.24, 2.45) is 0 Å². The maximum atomic E-state index is 13.2. The van der Waals surface area contributed by atoms with Crippen molar-refractivity contribution < 1.29 is 47.8 Å². The first kappa shape index (κ1) is 64.6. The summed E-state index contributed by atoms with van der Waals surface area (Å²) in [6.45, 7) is 23.8. The summed E-state index contributed by atoms with van der Waals surface area (Å²) >= 11 is 3.33. The van der Waals surface area contributed by atoms with E-state index >= 15 is 0 Å². The van der Waals surface area contributed by atoms with Gasteiger partial charge in [-0.05, 0) is 115 Å². The van der Waals surface area contributed by atoms with Gasteiger partial charge in [0.2, 0.25) is 11.8 Å². The van der Waals surface area contributed by atoms with Crippen LogP contribution in [0.4, 0.5) is 0 Å². The number of esters is 2. The number of hydrogen-bond acceptors (Lipinski definition) is 14. The van der Waals surface area contributed by atoms with Crippen molar-refractivity contribution in [3.8, 4) is 28.5 Å². The monoisotopic (exact) mass is 1180 g/mol. The lowest BCUT2D eigenvalue weighted by Gasteiger charge is -2.21. The molecule has 0 fully saturated rings. The summed E-state index contributed by atoms with van der Waals surface area (Å²) in [5.41, 5.74) is 4.94. The minimum atomic E-state index is -0.902. The minimum Gasteiger partial charge on any atom is -0.460 e. The number of benzene rings is 4. The number of amides is 4. The van der Waals surface area contributed by atoms with Crippen molar-refractivity contribution in [1.82, 2.24) is 41.2 Å². The molecule has 0 radical (unpaired) electrons. The zero-order chi connectivity index (χ0) is 60.4. The zero-order valence-corrected chi connectivity index (χ0v) is 50.4. The summed E-state index contributed by atoms with van der Waals surface area (Å²) in [5.74, 6) is -1.13. The fourth-order valence-corrected chi connectivity index (χ4v) is 8.05. The van der Waals surface area contributed by atoms with E-state index in [-0.39, 0.29) is 73.1 Å². The standard InChI is InChI=1S/C32H38N4O6.C31H37BrN4O4/c1-31(2,3)24-13-11-23(12-14-24)29(39)36-26(30(40)33-16-15-27(38)42-32(4,5)6)17-21-7-9-22(10-8-21)28-34-18-25(19-35-28)41-20-37;1-30(2,3)23-13-11-22(12-14-23)28(38)36-25(29(39)33-16-15-26(37)40-31(4,5)6)17-20-7-9-21(10-8-20)27-34-18-24(32)19-35-27/h7-14,18-20,26H,15-17H2,1-6H3,(H,33,40)(H,36,39);7-14,18-19,25H,15-17H2,1-6H3,(H,33,39)(H,36,38)/t26-;25-/m00/s1. The lowest BCUT2D eigenvalue weighted by atomic mass is 9.86. The van der Waals surface area contributed by atoms with Crippen LogP contribution in [0.5, 0.6) is 5.75 Å². The van der Waals surface area contributed by atoms with Crippen LogP contribution in [0.2, 0.25) is 0 Å². The number of ether oxygens (including phenoxy) is 3. The average molecular weight is 1180 g/mol. The average Bonchev–Trinajstić information content (AvgIpc) is 3.58. The molecule has 19 heteroatoms. The number of halogens is 1. The maximum Gasteiger partial charge on any atom is 0.308 e. The fourth-order valence-electron chi connectivity index (χ4n) is 7.85. The Morgan fingerprint density at radius 2 is 0.841 bits per heavy atom. The van der Waals surface area contributed by atoms with Gasteiger partial charge in [-0.3, -0.25) is 33.6 Å². The summed E-state index contributed by atoms with van der Waals surface area (Å²) in [7, 11) is 0. The van der Waals surface area contributed by atoms with E-state index in [0.29, 0.717) is 29.2 Å². The number of rotatable bonds is 20. The molecule has 4 amide bonds. The normalized spacial score (nSPS) is 12.3. The second-order valence-electron chi connectivity index (χ2n) is 23.4. The molecule has 18 nitrogen and oxygen atoms in total. The topological polar surface area (TPSA) is 247 Å². The molecule has 0 aliphatic rings. The number of carbonyl (C=O) groups is 7. The number of aromatic nitrogens is 4. The quantitative estimate of drug-likeness (QED) is 0.0411. The van der Waals surface area contributed by atoms with Gasteiger partial charge in [0, 0.05) is 60.6 Å². The number of nitrogens with one attached hydrogen (secondary N) is 4. The molecule has 434 valence electrons. The smallest absolute Gasteiger partial charge is 0.308 e. The second-order valence-corrected chi connectivity index (χ2v) is 24.4. The van der Waals surface area contributed by atoms with Crippen molar-refractivity contribution in [1.29, 1.82) is 0 Å². The van der Waals surface area contributed by atoms with E-state index in [1.165, 1.54) is 12.4 Å². The van der Waals surface area contributed by atoms with Gasteiger partial charge in [0.1, 0.15) is 23.3 Å². The number of hydrogen-bond donors (Lipinski definition) is 4. The van der Waals surface area contributed by atoms with Gasteiger partial charge in [0.15, 0.2) is 17.4 Å². The van der Waals surface area contributed by atoms with Crippen LogP contribution in [0.1, 0.15) is 139 Å². The molecule has 0 saturated heterocycles. The first-order valence-corrected chi connectivity index (χ1v) is 27.7. The fraction of sp³-hybridized carbons (Fsp3) is 0.381. The highest BCUT2D eigenvalue weighted by atomic mass is 79.9. The van der Waals surface area contributed by atoms with E-state index in [0.717, 1.165) is 37.9 Å². The molecule has 82 heavy (non-hydrogen) atoms. The predicted octanol–water partition coefficient (Wildman–Crippen LogP) is 9.56. The molecule has 4 N–H and O–H groups in total. The third-order valence-corrected chi connectivity index (χ3v) is 12.5. The van der Waals surface area contributed by atoms with Crippen molar-refractivity contribution in [3.05, 3.63) is 160 Å². The molecule has 4 aromatic carbocycles. The van der Waals surface area contributed by atoms with Gasteiger partial charge in [-0.2, -0.15) is 0 Å². The van der Waals surface area contributed by atoms with Gasteiger partial charge in [-0.1, -0.05) is 114 Å². The highest BCUT2D eigenvalue weighted by molar-refractivity contribution is 9.10. The number of nitrogens with zero attached hydrogens (tertiary/aromatic N) is 4. The van der Waals surface area contributed by atoms with E-state index in [4.69, 9.17) is 14.2 Å². The lowest BCUT2D eigenvalue weighted by molar-refractivity contribution is -0.155. The molecule has 6 rings (SSSR count). The summed E-state index contributed by atoms with van der Waals surface area (Å²) in [5, 5.41) is 11.2. The van der Waals surface area contributed by atoms with Crippen LogP contribution >= 0.6 is 15.9 Å². The Bertz CT molecular complexity index is 3110. The number of carbonyl (C=O) groups excluding carboxylic acids is 7. The third-order valence-electron chi connectivity index (χ3n) is 12.1. The van der Waals surface area contributed by atoms with E-state index < -0.39 is 41.1 Å². The SMILES string of the molecule is CC(C)(C)OC(=O)CCNC(=O)[C@H](Cc1ccc(-c2ncc(Br)cn2)cc1)NC(=O)c1ccc(C(C)(C)C)cc1.CC(C)(C)OC(=O)CCNC(=O)[C@H](Cc1ccc(-c2ncc(OC=O)cn2)cc1)NC(=O)c1ccc(C(C)(C)C)cc1. The highest BCUT2D eigenvalue weighted by Gasteiger charge is 2.26. The van der Waals surface area contributed by atoms with Crippen molar-refractivity contribution >= 4 is 58.0 Å². The molecule has 0 unspecified atom stereocenters. The van der Waals surface area contributed by atoms with Gasteiger partial charge < -0.3 is 35.5 Å². The van der Waals surface area contributed by atoms with Gasteiger partial charge >= 0.3 is 11.9 Å². The summed E-state index contributed by atoms with van der Waals surface area (Å²) in [6, 6.07) is 27.7. The third kappa shape index (κ3) is 21.7. The van der Waals surface area contributed by atoms with Crippen molar-refractivity contribution in [3.63, 3.8) is 0 Å². The predicted molar refractivity (Wildman–Crippen MR) is 316 cm³/mol. The molecule has 2 aromatic heterocycles. The summed E-state index contributed by atoms with van der Waals surface area (Å²) in [4.78, 5) is 104. The van der Waals surface area contributed by atoms with Gasteiger partial charge in [-0.25, -0.2) is 19.9 Å². The Hall–Kier alpha value is -8.19. The van der Waals surface area contributed by atoms with Crippen LogP contribution in [0, 0.1) is 0 Å². The van der Waals surface area contributed by atoms with Crippen molar-refractivity contribution in [2.45, 2.75) is 143 Å². The molecule has 0 saturated carbocycles. The van der Waals surface area contributed by atoms with E-state index in [1.807, 2.05) is 60.7 Å². The van der Waals surface area contributed by atoms with Crippen LogP contribution in [0.3, 0.4) is 0 Å². The highest BCUT2D eigenvalue weighted by Crippen LogP contribution is 2.25. The Balaban J connectivity index is 0.000000301. The van der Waals surface area contributed by atoms with Crippen LogP contribution in [-0.2, 0) is 57.1 Å². The molecule has 0 aliphatic carbocycles. The molecule has 2 heterocycles. The minimum absolute atomic E-state index is 0.00329. The zero-order valence-electron chi connectivity index (χ0n) is 48.8. The first-order valence-electron chi connectivity index (χ1n) is 26.9. The van der Waals surface area contributed by atoms with Crippen LogP contribution < -0.4 is 26.0 Å². The molecule has 0 aliphatic heterocycles. The lowest BCUT2D eigenvalue weighted by Crippen LogP contribution is -2.48. The molecule has 0 bridgehead atoms. The van der Waals surface area contributed by atoms with Crippen LogP contribution in [0.15, 0.2) is 126 Å². The van der Waals surface area contributed by atoms with Crippen LogP contribution in [0.25, 0.3) is 22.8 Å². The molecular weight excluding hydrogens is 1110 g/mol. The van der Waals surface area contributed by atoms with E-state index in [1.54, 1.807) is 90.3 Å². The van der Waals surface area contributed by atoms with Crippen LogP contribution in [-0.4, -0.2) is 98.4 Å². The molecule has 0 spiro atoms. The first-order chi connectivity index (χ1) is 38.5. The van der Waals surface area contributed by atoms with Gasteiger partial charge in [0.25, 0.3) is 18.3 Å². The molecule has 6 aromatic rings. The Morgan fingerprint density at radius 1 is 0.500 bits per heavy atom. The van der Waals surface area contributed by atoms with Gasteiger partial charge in [0.05, 0.1) is 29.7 Å². The second kappa shape index (κ2) is 29.0. The summed E-state index contributed by atoms with van der Waals surface area (Å²) in [6.07, 6.45) is 6.64. The largest absolute Gasteiger partial charge is 0.460 e. The summed E-state index contributed by atoms with van der Waals surface area (Å²) < 4.78 is 16.1. The maximum absolute atomic E-state index is 13.2. The molecular formula is C63H75BrN8O10.